The summed E-state index contributed by atoms with van der Waals surface area (Å²) in [6.07, 6.45) is 0.0147. The lowest BCUT2D eigenvalue weighted by molar-refractivity contribution is -0.128. The molecule has 0 radical (unpaired) electrons. The van der Waals surface area contributed by atoms with Crippen LogP contribution in [0.25, 0.3) is 0 Å². The number of amides is 2. The Morgan fingerprint density at radius 2 is 2.00 bits per heavy atom. The van der Waals surface area contributed by atoms with Crippen LogP contribution in [0.2, 0.25) is 0 Å². The van der Waals surface area contributed by atoms with Gasteiger partial charge in [0.25, 0.3) is 11.8 Å². The van der Waals surface area contributed by atoms with Gasteiger partial charge in [0.2, 0.25) is 0 Å². The van der Waals surface area contributed by atoms with Crippen molar-refractivity contribution < 1.29 is 19.1 Å². The molecule has 3 rings (SSSR count). The number of benzene rings is 2. The van der Waals surface area contributed by atoms with E-state index in [1.165, 1.54) is 4.90 Å². The zero-order chi connectivity index (χ0) is 19.9. The molecule has 0 aromatic heterocycles. The predicted molar refractivity (Wildman–Crippen MR) is 103 cm³/mol. The average Bonchev–Trinajstić information content (AvgIpc) is 2.75. The number of rotatable bonds is 6. The van der Waals surface area contributed by atoms with E-state index in [2.05, 4.69) is 5.32 Å². The second-order valence-corrected chi connectivity index (χ2v) is 6.27. The first-order valence-electron chi connectivity index (χ1n) is 9.09. The molecule has 1 atom stereocenters. The van der Waals surface area contributed by atoms with Crippen molar-refractivity contribution in [1.29, 1.82) is 5.26 Å². The van der Waals surface area contributed by atoms with Crippen LogP contribution in [-0.4, -0.2) is 37.6 Å². The fourth-order valence-electron chi connectivity index (χ4n) is 2.87. The van der Waals surface area contributed by atoms with Crippen LogP contribution in [0, 0.1) is 11.3 Å². The number of para-hydroxylation sites is 3. The molecule has 0 unspecified atom stereocenters. The molecule has 7 nitrogen and oxygen atoms in total. The predicted octanol–water partition coefficient (Wildman–Crippen LogP) is 2.26. The van der Waals surface area contributed by atoms with Crippen molar-refractivity contribution in [2.24, 2.45) is 0 Å². The van der Waals surface area contributed by atoms with Gasteiger partial charge in [-0.05, 0) is 30.7 Å². The van der Waals surface area contributed by atoms with Gasteiger partial charge < -0.3 is 19.7 Å². The highest BCUT2D eigenvalue weighted by Gasteiger charge is 2.33. The highest BCUT2D eigenvalue weighted by molar-refractivity contribution is 5.98. The first-order valence-corrected chi connectivity index (χ1v) is 9.09. The minimum absolute atomic E-state index is 0.0919. The second kappa shape index (κ2) is 8.91. The average molecular weight is 379 g/mol. The monoisotopic (exact) mass is 379 g/mol. The van der Waals surface area contributed by atoms with Crippen molar-refractivity contribution in [1.82, 2.24) is 5.32 Å². The number of hydrogen-bond donors (Lipinski definition) is 1. The van der Waals surface area contributed by atoms with E-state index in [0.717, 1.165) is 6.42 Å². The van der Waals surface area contributed by atoms with E-state index in [-0.39, 0.29) is 25.0 Å². The first-order chi connectivity index (χ1) is 13.6. The Kier molecular flexibility index (Phi) is 6.12. The van der Waals surface area contributed by atoms with Gasteiger partial charge in [-0.15, -0.1) is 0 Å². The summed E-state index contributed by atoms with van der Waals surface area (Å²) in [5.74, 6) is 0.231. The Bertz CT molecular complexity index is 907. The van der Waals surface area contributed by atoms with Crippen LogP contribution in [0.4, 0.5) is 5.69 Å². The van der Waals surface area contributed by atoms with E-state index in [9.17, 15) is 9.59 Å². The van der Waals surface area contributed by atoms with Crippen LogP contribution in [0.1, 0.15) is 18.9 Å². The number of nitrogens with zero attached hydrogens (tertiary/aromatic N) is 2. The summed E-state index contributed by atoms with van der Waals surface area (Å²) in [4.78, 5) is 26.7. The van der Waals surface area contributed by atoms with Crippen LogP contribution in [-0.2, 0) is 9.59 Å². The molecule has 2 amide bonds. The molecule has 144 valence electrons. The number of nitrogens with one attached hydrogen (secondary N) is 1. The third-order valence-corrected chi connectivity index (χ3v) is 4.28. The van der Waals surface area contributed by atoms with Gasteiger partial charge >= 0.3 is 0 Å². The third kappa shape index (κ3) is 4.23. The van der Waals surface area contributed by atoms with Crippen molar-refractivity contribution >= 4 is 17.5 Å². The van der Waals surface area contributed by atoms with Crippen molar-refractivity contribution in [3.8, 4) is 17.6 Å². The smallest absolute Gasteiger partial charge is 0.265 e. The third-order valence-electron chi connectivity index (χ3n) is 4.28. The van der Waals surface area contributed by atoms with Gasteiger partial charge in [-0.3, -0.25) is 9.59 Å². The van der Waals surface area contributed by atoms with E-state index in [1.54, 1.807) is 48.5 Å². The largest absolute Gasteiger partial charge is 0.482 e. The quantitative estimate of drug-likeness (QED) is 0.831. The van der Waals surface area contributed by atoms with Crippen molar-refractivity contribution in [2.75, 3.05) is 24.6 Å². The number of nitriles is 1. The molecule has 7 heteroatoms. The maximum Gasteiger partial charge on any atom is 0.265 e. The topological polar surface area (TPSA) is 91.7 Å². The summed E-state index contributed by atoms with van der Waals surface area (Å²) in [6.45, 7) is 2.34. The highest BCUT2D eigenvalue weighted by Crippen LogP contribution is 2.33. The van der Waals surface area contributed by atoms with E-state index < -0.39 is 6.10 Å². The number of fused-ring (bicyclic) bond motifs is 1. The Morgan fingerprint density at radius 3 is 2.79 bits per heavy atom. The van der Waals surface area contributed by atoms with Gasteiger partial charge in [0.05, 0.1) is 17.8 Å². The maximum absolute atomic E-state index is 12.8. The van der Waals surface area contributed by atoms with Crippen molar-refractivity contribution in [3.63, 3.8) is 0 Å². The first kappa shape index (κ1) is 19.2. The molecule has 0 saturated carbocycles. The maximum atomic E-state index is 12.8. The van der Waals surface area contributed by atoms with E-state index >= 15 is 0 Å². The Labute approximate surface area is 163 Å². The van der Waals surface area contributed by atoms with Gasteiger partial charge in [-0.1, -0.05) is 31.2 Å². The fourth-order valence-corrected chi connectivity index (χ4v) is 2.87. The minimum atomic E-state index is -0.795. The molecule has 0 bridgehead atoms. The number of carbonyl (C=O) groups excluding carboxylic acids is 2. The zero-order valence-electron chi connectivity index (χ0n) is 15.6. The molecule has 2 aromatic rings. The number of ether oxygens (including phenoxy) is 2. The summed E-state index contributed by atoms with van der Waals surface area (Å²) in [6, 6.07) is 15.8. The van der Waals surface area contributed by atoms with Gasteiger partial charge in [0.15, 0.2) is 12.7 Å². The van der Waals surface area contributed by atoms with Gasteiger partial charge in [-0.25, -0.2) is 0 Å². The van der Waals surface area contributed by atoms with Gasteiger partial charge in [0, 0.05) is 6.54 Å². The lowest BCUT2D eigenvalue weighted by Crippen LogP contribution is -2.51. The lowest BCUT2D eigenvalue weighted by Gasteiger charge is -2.34. The molecule has 0 spiro atoms. The number of anilines is 1. The normalized spacial score (nSPS) is 15.0. The molecule has 1 aliphatic heterocycles. The molecule has 1 aliphatic rings. The van der Waals surface area contributed by atoms with E-state index in [4.69, 9.17) is 14.7 Å². The van der Waals surface area contributed by atoms with Crippen LogP contribution in [0.15, 0.2) is 48.5 Å². The molecular weight excluding hydrogens is 358 g/mol. The molecule has 0 saturated heterocycles. The Hall–Kier alpha value is -3.53. The fraction of sp³-hybridized carbons (Fsp3) is 0.286. The summed E-state index contributed by atoms with van der Waals surface area (Å²) in [5, 5.41) is 11.9. The SMILES string of the molecule is CCCNC(=O)[C@H]1CN(C(=O)COc2ccccc2C#N)c2ccccc2O1. The Morgan fingerprint density at radius 1 is 1.25 bits per heavy atom. The van der Waals surface area contributed by atoms with Crippen molar-refractivity contribution in [3.05, 3.63) is 54.1 Å². The number of carbonyl (C=O) groups is 2. The van der Waals surface area contributed by atoms with Crippen LogP contribution < -0.4 is 19.7 Å². The van der Waals surface area contributed by atoms with E-state index in [0.29, 0.717) is 29.3 Å². The summed E-state index contributed by atoms with van der Waals surface area (Å²) >= 11 is 0. The molecule has 0 fully saturated rings. The molecule has 1 heterocycles. The number of hydrogen-bond acceptors (Lipinski definition) is 5. The minimum Gasteiger partial charge on any atom is -0.482 e. The molecule has 2 aromatic carbocycles. The standard InChI is InChI=1S/C21H21N3O4/c1-2-11-23-21(26)19-13-24(16-8-4-6-10-18(16)28-19)20(25)14-27-17-9-5-3-7-15(17)12-22/h3-10,19H,2,11,13-14H2,1H3,(H,23,26)/t19-/m1/s1. The van der Waals surface area contributed by atoms with Crippen LogP contribution >= 0.6 is 0 Å². The summed E-state index contributed by atoms with van der Waals surface area (Å²) < 4.78 is 11.3. The summed E-state index contributed by atoms with van der Waals surface area (Å²) in [7, 11) is 0. The van der Waals surface area contributed by atoms with Crippen LogP contribution in [0.3, 0.4) is 0 Å². The van der Waals surface area contributed by atoms with E-state index in [1.807, 2.05) is 13.0 Å². The Balaban J connectivity index is 1.76. The molecular formula is C21H21N3O4. The van der Waals surface area contributed by atoms with Gasteiger partial charge in [0.1, 0.15) is 17.6 Å². The lowest BCUT2D eigenvalue weighted by atomic mass is 10.1. The summed E-state index contributed by atoms with van der Waals surface area (Å²) in [5.41, 5.74) is 0.943. The molecule has 1 N–H and O–H groups in total. The highest BCUT2D eigenvalue weighted by atomic mass is 16.5. The zero-order valence-corrected chi connectivity index (χ0v) is 15.6. The molecule has 0 aliphatic carbocycles. The van der Waals surface area contributed by atoms with Gasteiger partial charge in [-0.2, -0.15) is 5.26 Å². The second-order valence-electron chi connectivity index (χ2n) is 6.27. The molecule has 28 heavy (non-hydrogen) atoms. The van der Waals surface area contributed by atoms with Crippen LogP contribution in [0.5, 0.6) is 11.5 Å². The van der Waals surface area contributed by atoms with Crippen molar-refractivity contribution in [2.45, 2.75) is 19.4 Å².